The molecule has 1 aliphatic rings. The number of H-pyrrole nitrogens is 1. The van der Waals surface area contributed by atoms with Crippen LogP contribution in [0.3, 0.4) is 0 Å². The Bertz CT molecular complexity index is 542. The Kier molecular flexibility index (Phi) is 7.32. The molecule has 1 aromatic rings. The molecule has 0 aromatic carbocycles. The van der Waals surface area contributed by atoms with Crippen molar-refractivity contribution in [3.8, 4) is 0 Å². The van der Waals surface area contributed by atoms with Crippen LogP contribution in [-0.2, 0) is 10.5 Å². The standard InChI is InChI=1S/C15H23N3O2S2/c1-2-21-9-12-8-13(19)18-15(17-12)22-10-14(20)16-11-6-4-3-5-7-11/h8,11H,2-7,9-10H2,1H3,(H,16,20)(H,17,18,19). The van der Waals surface area contributed by atoms with Gasteiger partial charge in [-0.1, -0.05) is 37.9 Å². The maximum atomic E-state index is 12.0. The normalized spacial score (nSPS) is 15.7. The van der Waals surface area contributed by atoms with E-state index in [4.69, 9.17) is 0 Å². The van der Waals surface area contributed by atoms with Crippen molar-refractivity contribution in [3.63, 3.8) is 0 Å². The molecule has 0 spiro atoms. The molecule has 1 saturated carbocycles. The summed E-state index contributed by atoms with van der Waals surface area (Å²) in [7, 11) is 0. The second-order valence-electron chi connectivity index (χ2n) is 5.37. The van der Waals surface area contributed by atoms with Gasteiger partial charge in [0.2, 0.25) is 5.91 Å². The summed E-state index contributed by atoms with van der Waals surface area (Å²) in [4.78, 5) is 30.7. The van der Waals surface area contributed by atoms with Gasteiger partial charge in [0.1, 0.15) is 0 Å². The largest absolute Gasteiger partial charge is 0.353 e. The molecule has 2 N–H and O–H groups in total. The van der Waals surface area contributed by atoms with Gasteiger partial charge in [-0.05, 0) is 18.6 Å². The number of hydrogen-bond donors (Lipinski definition) is 2. The third-order valence-electron chi connectivity index (χ3n) is 3.54. The predicted octanol–water partition coefficient (Wildman–Crippen LogP) is 2.56. The topological polar surface area (TPSA) is 74.8 Å². The predicted molar refractivity (Wildman–Crippen MR) is 92.4 cm³/mol. The Morgan fingerprint density at radius 1 is 1.41 bits per heavy atom. The number of carbonyl (C=O) groups is 1. The molecule has 0 saturated heterocycles. The fraction of sp³-hybridized carbons (Fsp3) is 0.667. The molecule has 1 amide bonds. The lowest BCUT2D eigenvalue weighted by atomic mass is 9.95. The fourth-order valence-corrected chi connectivity index (χ4v) is 3.75. The van der Waals surface area contributed by atoms with Gasteiger partial charge in [0, 0.05) is 17.9 Å². The van der Waals surface area contributed by atoms with Gasteiger partial charge in [-0.2, -0.15) is 11.8 Å². The van der Waals surface area contributed by atoms with Crippen LogP contribution in [0.5, 0.6) is 0 Å². The Morgan fingerprint density at radius 3 is 2.91 bits per heavy atom. The quantitative estimate of drug-likeness (QED) is 0.589. The number of nitrogens with zero attached hydrogens (tertiary/aromatic N) is 1. The molecule has 1 fully saturated rings. The molecule has 2 rings (SSSR count). The van der Waals surface area contributed by atoms with Gasteiger partial charge in [0.05, 0.1) is 11.4 Å². The highest BCUT2D eigenvalue weighted by atomic mass is 32.2. The molecule has 7 heteroatoms. The van der Waals surface area contributed by atoms with Crippen LogP contribution in [-0.4, -0.2) is 33.4 Å². The number of amides is 1. The molecule has 5 nitrogen and oxygen atoms in total. The summed E-state index contributed by atoms with van der Waals surface area (Å²) in [6.07, 6.45) is 5.83. The summed E-state index contributed by atoms with van der Waals surface area (Å²) in [6, 6.07) is 1.84. The van der Waals surface area contributed by atoms with Crippen molar-refractivity contribution in [2.24, 2.45) is 0 Å². The van der Waals surface area contributed by atoms with Gasteiger partial charge < -0.3 is 10.3 Å². The van der Waals surface area contributed by atoms with Crippen molar-refractivity contribution in [1.29, 1.82) is 0 Å². The zero-order valence-corrected chi connectivity index (χ0v) is 14.5. The minimum absolute atomic E-state index is 0.0212. The average Bonchev–Trinajstić information content (AvgIpc) is 2.51. The average molecular weight is 342 g/mol. The second-order valence-corrected chi connectivity index (χ2v) is 7.61. The van der Waals surface area contributed by atoms with E-state index in [1.54, 1.807) is 11.8 Å². The lowest BCUT2D eigenvalue weighted by Crippen LogP contribution is -2.37. The van der Waals surface area contributed by atoms with Crippen molar-refractivity contribution in [3.05, 3.63) is 22.1 Å². The zero-order chi connectivity index (χ0) is 15.8. The molecule has 1 aliphatic carbocycles. The summed E-state index contributed by atoms with van der Waals surface area (Å²) in [5, 5.41) is 3.59. The number of nitrogens with one attached hydrogen (secondary N) is 2. The van der Waals surface area contributed by atoms with E-state index in [0.717, 1.165) is 30.0 Å². The number of hydrogen-bond acceptors (Lipinski definition) is 5. The van der Waals surface area contributed by atoms with Crippen LogP contribution in [0.25, 0.3) is 0 Å². The first-order valence-corrected chi connectivity index (χ1v) is 9.91. The lowest BCUT2D eigenvalue weighted by molar-refractivity contribution is -0.119. The molecule has 0 radical (unpaired) electrons. The lowest BCUT2D eigenvalue weighted by Gasteiger charge is -2.22. The van der Waals surface area contributed by atoms with Crippen LogP contribution < -0.4 is 10.9 Å². The first kappa shape index (κ1) is 17.4. The highest BCUT2D eigenvalue weighted by Crippen LogP contribution is 2.18. The SMILES string of the molecule is CCSCc1cc(=O)[nH]c(SCC(=O)NC2CCCCC2)n1. The van der Waals surface area contributed by atoms with Crippen molar-refractivity contribution < 1.29 is 4.79 Å². The minimum atomic E-state index is -0.156. The minimum Gasteiger partial charge on any atom is -0.353 e. The van der Waals surface area contributed by atoms with Crippen LogP contribution in [0.15, 0.2) is 16.0 Å². The number of carbonyl (C=O) groups excluding carboxylic acids is 1. The third kappa shape index (κ3) is 6.04. The van der Waals surface area contributed by atoms with E-state index in [1.807, 2.05) is 0 Å². The number of rotatable bonds is 7. The smallest absolute Gasteiger partial charge is 0.251 e. The molecular weight excluding hydrogens is 318 g/mol. The first-order chi connectivity index (χ1) is 10.7. The van der Waals surface area contributed by atoms with Crippen LogP contribution >= 0.6 is 23.5 Å². The van der Waals surface area contributed by atoms with E-state index in [1.165, 1.54) is 37.1 Å². The summed E-state index contributed by atoms with van der Waals surface area (Å²) < 4.78 is 0. The summed E-state index contributed by atoms with van der Waals surface area (Å²) in [5.74, 6) is 2.03. The zero-order valence-electron chi connectivity index (χ0n) is 12.9. The number of aromatic nitrogens is 2. The first-order valence-electron chi connectivity index (χ1n) is 7.77. The molecule has 122 valence electrons. The Hall–Kier alpha value is -0.950. The van der Waals surface area contributed by atoms with E-state index in [0.29, 0.717) is 17.0 Å². The molecule has 0 atom stereocenters. The van der Waals surface area contributed by atoms with Crippen molar-refractivity contribution in [2.75, 3.05) is 11.5 Å². The second kappa shape index (κ2) is 9.25. The Balaban J connectivity index is 1.83. The van der Waals surface area contributed by atoms with Gasteiger partial charge in [0.25, 0.3) is 5.56 Å². The van der Waals surface area contributed by atoms with Gasteiger partial charge >= 0.3 is 0 Å². The molecule has 1 heterocycles. The fourth-order valence-electron chi connectivity index (χ4n) is 2.48. The van der Waals surface area contributed by atoms with Crippen molar-refractivity contribution >= 4 is 29.4 Å². The van der Waals surface area contributed by atoms with E-state index < -0.39 is 0 Å². The van der Waals surface area contributed by atoms with Crippen LogP contribution in [0.1, 0.15) is 44.7 Å². The monoisotopic (exact) mass is 341 g/mol. The van der Waals surface area contributed by atoms with Gasteiger partial charge in [-0.3, -0.25) is 9.59 Å². The Morgan fingerprint density at radius 2 is 2.18 bits per heavy atom. The maximum absolute atomic E-state index is 12.0. The molecule has 22 heavy (non-hydrogen) atoms. The van der Waals surface area contributed by atoms with Crippen LogP contribution in [0.2, 0.25) is 0 Å². The molecule has 0 aliphatic heterocycles. The van der Waals surface area contributed by atoms with Crippen molar-refractivity contribution in [2.45, 2.75) is 56.0 Å². The van der Waals surface area contributed by atoms with E-state index in [-0.39, 0.29) is 11.5 Å². The van der Waals surface area contributed by atoms with E-state index in [2.05, 4.69) is 22.2 Å². The van der Waals surface area contributed by atoms with Gasteiger partial charge in [-0.15, -0.1) is 0 Å². The van der Waals surface area contributed by atoms with Crippen molar-refractivity contribution in [1.82, 2.24) is 15.3 Å². The summed E-state index contributed by atoms with van der Waals surface area (Å²) >= 11 is 3.01. The maximum Gasteiger partial charge on any atom is 0.251 e. The van der Waals surface area contributed by atoms with E-state index in [9.17, 15) is 9.59 Å². The highest BCUT2D eigenvalue weighted by Gasteiger charge is 2.16. The number of thioether (sulfide) groups is 2. The summed E-state index contributed by atoms with van der Waals surface area (Å²) in [6.45, 7) is 2.07. The third-order valence-corrected chi connectivity index (χ3v) is 5.32. The number of aromatic amines is 1. The van der Waals surface area contributed by atoms with Gasteiger partial charge in [-0.25, -0.2) is 4.98 Å². The van der Waals surface area contributed by atoms with Crippen LogP contribution in [0.4, 0.5) is 0 Å². The molecule has 1 aromatic heterocycles. The Labute approximate surface area is 139 Å². The van der Waals surface area contributed by atoms with Gasteiger partial charge in [0.15, 0.2) is 5.16 Å². The summed E-state index contributed by atoms with van der Waals surface area (Å²) in [5.41, 5.74) is 0.614. The molecular formula is C15H23N3O2S2. The molecule has 0 bridgehead atoms. The van der Waals surface area contributed by atoms with E-state index >= 15 is 0 Å². The van der Waals surface area contributed by atoms with Crippen LogP contribution in [0, 0.1) is 0 Å². The molecule has 0 unspecified atom stereocenters. The highest BCUT2D eigenvalue weighted by molar-refractivity contribution is 7.99.